The molecule has 3 aromatic rings. The molecule has 26 heavy (non-hydrogen) atoms. The molecule has 0 saturated carbocycles. The zero-order chi connectivity index (χ0) is 18.2. The Balaban J connectivity index is 1.58. The molecule has 0 aliphatic carbocycles. The molecular formula is C21H20N2O3. The van der Waals surface area contributed by atoms with Gasteiger partial charge in [-0.1, -0.05) is 54.6 Å². The van der Waals surface area contributed by atoms with Crippen LogP contribution < -0.4 is 14.9 Å². The van der Waals surface area contributed by atoms with Crippen LogP contribution in [-0.2, 0) is 4.79 Å². The first-order chi connectivity index (χ1) is 12.8. The third-order valence-corrected chi connectivity index (χ3v) is 3.72. The van der Waals surface area contributed by atoms with Crippen molar-refractivity contribution in [2.24, 2.45) is 5.10 Å². The summed E-state index contributed by atoms with van der Waals surface area (Å²) in [6.45, 7) is 2.28. The number of amides is 1. The summed E-state index contributed by atoms with van der Waals surface area (Å²) in [7, 11) is 0. The molecule has 3 aromatic carbocycles. The highest BCUT2D eigenvalue weighted by Crippen LogP contribution is 2.26. The van der Waals surface area contributed by atoms with Crippen LogP contribution in [0.1, 0.15) is 12.5 Å². The first-order valence-electron chi connectivity index (χ1n) is 8.42. The minimum Gasteiger partial charge on any atom is -0.490 e. The number of carbonyl (C=O) groups excluding carboxylic acids is 1. The van der Waals surface area contributed by atoms with Crippen molar-refractivity contribution in [2.45, 2.75) is 6.92 Å². The molecule has 132 valence electrons. The molecule has 0 fully saturated rings. The van der Waals surface area contributed by atoms with Gasteiger partial charge in [0.15, 0.2) is 18.1 Å². The molecule has 0 unspecified atom stereocenters. The molecule has 0 aliphatic heterocycles. The van der Waals surface area contributed by atoms with Gasteiger partial charge in [0.25, 0.3) is 5.91 Å². The zero-order valence-electron chi connectivity index (χ0n) is 14.5. The quantitative estimate of drug-likeness (QED) is 0.522. The van der Waals surface area contributed by atoms with Crippen molar-refractivity contribution in [3.05, 3.63) is 72.3 Å². The summed E-state index contributed by atoms with van der Waals surface area (Å²) < 4.78 is 11.0. The number of para-hydroxylation sites is 2. The number of nitrogens with one attached hydrogen (secondary N) is 1. The lowest BCUT2D eigenvalue weighted by Crippen LogP contribution is -2.24. The van der Waals surface area contributed by atoms with E-state index in [2.05, 4.69) is 10.5 Å². The van der Waals surface area contributed by atoms with Crippen LogP contribution in [0.15, 0.2) is 71.8 Å². The van der Waals surface area contributed by atoms with E-state index in [0.29, 0.717) is 18.1 Å². The van der Waals surface area contributed by atoms with Crippen LogP contribution in [0.2, 0.25) is 0 Å². The summed E-state index contributed by atoms with van der Waals surface area (Å²) in [5.74, 6) is 0.803. The van der Waals surface area contributed by atoms with E-state index in [4.69, 9.17) is 9.47 Å². The Labute approximate surface area is 152 Å². The second-order valence-corrected chi connectivity index (χ2v) is 5.53. The summed E-state index contributed by atoms with van der Waals surface area (Å²) in [5, 5.41) is 6.23. The molecule has 0 spiro atoms. The maximum absolute atomic E-state index is 11.9. The van der Waals surface area contributed by atoms with Crippen LogP contribution in [0, 0.1) is 0 Å². The minimum absolute atomic E-state index is 0.142. The molecule has 3 rings (SSSR count). The van der Waals surface area contributed by atoms with Crippen LogP contribution in [0.25, 0.3) is 10.8 Å². The molecule has 0 heterocycles. The molecule has 5 nitrogen and oxygen atoms in total. The fourth-order valence-corrected chi connectivity index (χ4v) is 2.56. The second kappa shape index (κ2) is 8.67. The summed E-state index contributed by atoms with van der Waals surface area (Å²) in [6.07, 6.45) is 1.63. The van der Waals surface area contributed by atoms with E-state index in [-0.39, 0.29) is 12.5 Å². The van der Waals surface area contributed by atoms with Gasteiger partial charge in [0.05, 0.1) is 12.8 Å². The second-order valence-electron chi connectivity index (χ2n) is 5.53. The highest BCUT2D eigenvalue weighted by Gasteiger charge is 2.06. The van der Waals surface area contributed by atoms with Gasteiger partial charge in [-0.2, -0.15) is 5.10 Å². The number of rotatable bonds is 7. The van der Waals surface area contributed by atoms with Gasteiger partial charge in [-0.05, 0) is 29.8 Å². The van der Waals surface area contributed by atoms with E-state index in [1.165, 1.54) is 0 Å². The van der Waals surface area contributed by atoms with Crippen LogP contribution >= 0.6 is 0 Å². The standard InChI is InChI=1S/C21H20N2O3/c1-2-25-19-12-5-6-13-20(19)26-15-21(24)23-22-14-17-10-7-9-16-8-3-4-11-18(16)17/h3-14H,2,15H2,1H3,(H,23,24)/b22-14-. The molecule has 0 radical (unpaired) electrons. The summed E-state index contributed by atoms with van der Waals surface area (Å²) in [5.41, 5.74) is 3.42. The monoisotopic (exact) mass is 348 g/mol. The summed E-state index contributed by atoms with van der Waals surface area (Å²) in [4.78, 5) is 11.9. The molecule has 0 saturated heterocycles. The number of fused-ring (bicyclic) bond motifs is 1. The average Bonchev–Trinajstić information content (AvgIpc) is 2.68. The minimum atomic E-state index is -0.340. The lowest BCUT2D eigenvalue weighted by molar-refractivity contribution is -0.123. The number of benzene rings is 3. The van der Waals surface area contributed by atoms with Gasteiger partial charge in [-0.15, -0.1) is 0 Å². The Kier molecular flexibility index (Phi) is 5.83. The Morgan fingerprint density at radius 1 is 0.962 bits per heavy atom. The number of hydrazone groups is 1. The largest absolute Gasteiger partial charge is 0.490 e. The molecule has 0 aromatic heterocycles. The van der Waals surface area contributed by atoms with Gasteiger partial charge in [-0.25, -0.2) is 5.43 Å². The number of hydrogen-bond donors (Lipinski definition) is 1. The number of hydrogen-bond acceptors (Lipinski definition) is 4. The lowest BCUT2D eigenvalue weighted by atomic mass is 10.1. The average molecular weight is 348 g/mol. The lowest BCUT2D eigenvalue weighted by Gasteiger charge is -2.10. The fourth-order valence-electron chi connectivity index (χ4n) is 2.56. The molecule has 0 bridgehead atoms. The SMILES string of the molecule is CCOc1ccccc1OCC(=O)N/N=C\c1cccc2ccccc12. The Bertz CT molecular complexity index is 917. The van der Waals surface area contributed by atoms with E-state index in [0.717, 1.165) is 16.3 Å². The van der Waals surface area contributed by atoms with Gasteiger partial charge in [0.2, 0.25) is 0 Å². The van der Waals surface area contributed by atoms with Crippen molar-refractivity contribution in [1.82, 2.24) is 5.43 Å². The van der Waals surface area contributed by atoms with E-state index < -0.39 is 0 Å². The topological polar surface area (TPSA) is 59.9 Å². The number of nitrogens with zero attached hydrogens (tertiary/aromatic N) is 1. The van der Waals surface area contributed by atoms with Gasteiger partial charge < -0.3 is 9.47 Å². The number of ether oxygens (including phenoxy) is 2. The highest BCUT2D eigenvalue weighted by atomic mass is 16.5. The van der Waals surface area contributed by atoms with E-state index >= 15 is 0 Å². The maximum atomic E-state index is 11.9. The predicted molar refractivity (Wildman–Crippen MR) is 103 cm³/mol. The highest BCUT2D eigenvalue weighted by molar-refractivity contribution is 5.99. The predicted octanol–water partition coefficient (Wildman–Crippen LogP) is 3.77. The third kappa shape index (κ3) is 4.39. The van der Waals surface area contributed by atoms with Crippen molar-refractivity contribution in [3.8, 4) is 11.5 Å². The van der Waals surface area contributed by atoms with Gasteiger partial charge in [0, 0.05) is 5.56 Å². The molecule has 1 N–H and O–H groups in total. The Morgan fingerprint density at radius 2 is 1.65 bits per heavy atom. The molecular weight excluding hydrogens is 328 g/mol. The Hall–Kier alpha value is -3.34. The van der Waals surface area contributed by atoms with Crippen LogP contribution in [0.3, 0.4) is 0 Å². The van der Waals surface area contributed by atoms with Crippen molar-refractivity contribution in [1.29, 1.82) is 0 Å². The van der Waals surface area contributed by atoms with Crippen molar-refractivity contribution >= 4 is 22.9 Å². The van der Waals surface area contributed by atoms with E-state index in [1.54, 1.807) is 18.3 Å². The maximum Gasteiger partial charge on any atom is 0.277 e. The molecule has 1 amide bonds. The van der Waals surface area contributed by atoms with Crippen LogP contribution in [0.4, 0.5) is 0 Å². The first-order valence-corrected chi connectivity index (χ1v) is 8.42. The third-order valence-electron chi connectivity index (χ3n) is 3.72. The number of carbonyl (C=O) groups is 1. The van der Waals surface area contributed by atoms with Gasteiger partial charge in [-0.3, -0.25) is 4.79 Å². The van der Waals surface area contributed by atoms with Crippen molar-refractivity contribution in [2.75, 3.05) is 13.2 Å². The summed E-state index contributed by atoms with van der Waals surface area (Å²) >= 11 is 0. The Morgan fingerprint density at radius 3 is 2.46 bits per heavy atom. The van der Waals surface area contributed by atoms with Crippen LogP contribution in [-0.4, -0.2) is 25.3 Å². The van der Waals surface area contributed by atoms with Gasteiger partial charge >= 0.3 is 0 Å². The smallest absolute Gasteiger partial charge is 0.277 e. The van der Waals surface area contributed by atoms with E-state index in [9.17, 15) is 4.79 Å². The molecule has 5 heteroatoms. The molecule has 0 aliphatic rings. The van der Waals surface area contributed by atoms with Crippen molar-refractivity contribution in [3.63, 3.8) is 0 Å². The first kappa shape index (κ1) is 17.5. The van der Waals surface area contributed by atoms with Gasteiger partial charge in [0.1, 0.15) is 0 Å². The summed E-state index contributed by atoms with van der Waals surface area (Å²) in [6, 6.07) is 21.2. The van der Waals surface area contributed by atoms with E-state index in [1.807, 2.05) is 61.5 Å². The van der Waals surface area contributed by atoms with Crippen molar-refractivity contribution < 1.29 is 14.3 Å². The fraction of sp³-hybridized carbons (Fsp3) is 0.143. The zero-order valence-corrected chi connectivity index (χ0v) is 14.5. The molecule has 0 atom stereocenters. The normalized spacial score (nSPS) is 10.8. The van der Waals surface area contributed by atoms with Crippen LogP contribution in [0.5, 0.6) is 11.5 Å².